The Labute approximate surface area is 168 Å². The highest BCUT2D eigenvalue weighted by Crippen LogP contribution is 2.38. The van der Waals surface area contributed by atoms with Gasteiger partial charge in [-0.3, -0.25) is 9.59 Å². The molecule has 2 amide bonds. The zero-order valence-electron chi connectivity index (χ0n) is 15.8. The van der Waals surface area contributed by atoms with Crippen molar-refractivity contribution >= 4 is 45.8 Å². The molecule has 4 rings (SSSR count). The monoisotopic (exact) mass is 384 g/mol. The number of nitrogens with one attached hydrogen (secondary N) is 3. The molecule has 0 atom stereocenters. The number of amides is 2. The van der Waals surface area contributed by atoms with E-state index in [2.05, 4.69) is 16.0 Å². The SMILES string of the molecule is CC(=O)Nc1ccc(NC(=C2C(=O)Nc3ccc(N)cc32)c2ccccc2)cc1. The number of rotatable bonds is 4. The fraction of sp³-hybridized carbons (Fsp3) is 0.0435. The minimum Gasteiger partial charge on any atom is -0.399 e. The molecule has 0 aliphatic carbocycles. The molecule has 6 heteroatoms. The molecule has 0 saturated heterocycles. The third kappa shape index (κ3) is 3.82. The molecule has 6 nitrogen and oxygen atoms in total. The molecule has 1 heterocycles. The van der Waals surface area contributed by atoms with Crippen LogP contribution in [0.3, 0.4) is 0 Å². The van der Waals surface area contributed by atoms with Crippen LogP contribution in [0.2, 0.25) is 0 Å². The van der Waals surface area contributed by atoms with E-state index in [1.165, 1.54) is 6.92 Å². The van der Waals surface area contributed by atoms with Crippen molar-refractivity contribution in [3.63, 3.8) is 0 Å². The van der Waals surface area contributed by atoms with Gasteiger partial charge in [0.15, 0.2) is 0 Å². The maximum absolute atomic E-state index is 12.8. The second kappa shape index (κ2) is 7.52. The first-order valence-corrected chi connectivity index (χ1v) is 9.17. The van der Waals surface area contributed by atoms with Crippen LogP contribution in [0.25, 0.3) is 11.3 Å². The first kappa shape index (κ1) is 18.3. The standard InChI is InChI=1S/C23H20N4O2/c1-14(28)25-17-8-10-18(11-9-17)26-22(15-5-3-2-4-6-15)21-19-13-16(24)7-12-20(19)27-23(21)29/h2-13,26H,24H2,1H3,(H,25,28)(H,27,29). The number of anilines is 4. The Morgan fingerprint density at radius 3 is 2.21 bits per heavy atom. The van der Waals surface area contributed by atoms with Gasteiger partial charge in [0.05, 0.1) is 11.3 Å². The minimum atomic E-state index is -0.188. The lowest BCUT2D eigenvalue weighted by atomic mass is 9.99. The summed E-state index contributed by atoms with van der Waals surface area (Å²) in [6.45, 7) is 1.46. The zero-order chi connectivity index (χ0) is 20.4. The molecule has 1 aliphatic heterocycles. The van der Waals surface area contributed by atoms with Crippen molar-refractivity contribution in [2.75, 3.05) is 21.7 Å². The van der Waals surface area contributed by atoms with E-state index in [4.69, 9.17) is 5.73 Å². The van der Waals surface area contributed by atoms with E-state index in [-0.39, 0.29) is 11.8 Å². The largest absolute Gasteiger partial charge is 0.399 e. The van der Waals surface area contributed by atoms with Crippen molar-refractivity contribution in [2.45, 2.75) is 6.92 Å². The molecule has 29 heavy (non-hydrogen) atoms. The highest BCUT2D eigenvalue weighted by Gasteiger charge is 2.28. The fourth-order valence-corrected chi connectivity index (χ4v) is 3.30. The van der Waals surface area contributed by atoms with Gasteiger partial charge >= 0.3 is 0 Å². The normalized spacial score (nSPS) is 14.0. The van der Waals surface area contributed by atoms with Crippen LogP contribution in [0.5, 0.6) is 0 Å². The summed E-state index contributed by atoms with van der Waals surface area (Å²) in [6.07, 6.45) is 0. The molecule has 0 aromatic heterocycles. The van der Waals surface area contributed by atoms with Crippen LogP contribution in [0.4, 0.5) is 22.7 Å². The second-order valence-electron chi connectivity index (χ2n) is 6.76. The molecular formula is C23H20N4O2. The van der Waals surface area contributed by atoms with Crippen LogP contribution in [0.1, 0.15) is 18.1 Å². The molecule has 0 unspecified atom stereocenters. The van der Waals surface area contributed by atoms with Crippen LogP contribution in [0, 0.1) is 0 Å². The number of hydrogen-bond donors (Lipinski definition) is 4. The van der Waals surface area contributed by atoms with Gasteiger partial charge < -0.3 is 21.7 Å². The molecule has 0 radical (unpaired) electrons. The van der Waals surface area contributed by atoms with Crippen LogP contribution in [-0.2, 0) is 9.59 Å². The van der Waals surface area contributed by atoms with Crippen molar-refractivity contribution in [3.05, 3.63) is 83.9 Å². The van der Waals surface area contributed by atoms with Crippen molar-refractivity contribution in [3.8, 4) is 0 Å². The second-order valence-corrected chi connectivity index (χ2v) is 6.76. The number of carbonyl (C=O) groups excluding carboxylic acids is 2. The molecule has 0 spiro atoms. The van der Waals surface area contributed by atoms with Crippen LogP contribution in [-0.4, -0.2) is 11.8 Å². The Morgan fingerprint density at radius 1 is 0.897 bits per heavy atom. The highest BCUT2D eigenvalue weighted by molar-refractivity contribution is 6.37. The fourth-order valence-electron chi connectivity index (χ4n) is 3.30. The molecule has 1 aliphatic rings. The molecular weight excluding hydrogens is 364 g/mol. The summed E-state index contributed by atoms with van der Waals surface area (Å²) in [7, 11) is 0. The summed E-state index contributed by atoms with van der Waals surface area (Å²) in [6, 6.07) is 22.3. The minimum absolute atomic E-state index is 0.130. The van der Waals surface area contributed by atoms with Crippen molar-refractivity contribution in [1.29, 1.82) is 0 Å². The lowest BCUT2D eigenvalue weighted by Gasteiger charge is -2.15. The summed E-state index contributed by atoms with van der Waals surface area (Å²) in [5.74, 6) is -0.318. The van der Waals surface area contributed by atoms with Crippen molar-refractivity contribution in [2.24, 2.45) is 0 Å². The highest BCUT2D eigenvalue weighted by atomic mass is 16.2. The van der Waals surface area contributed by atoms with Gasteiger partial charge in [-0.25, -0.2) is 0 Å². The van der Waals surface area contributed by atoms with Crippen LogP contribution < -0.4 is 21.7 Å². The summed E-state index contributed by atoms with van der Waals surface area (Å²) in [5, 5.41) is 9.02. The van der Waals surface area contributed by atoms with Crippen LogP contribution >= 0.6 is 0 Å². The number of benzene rings is 3. The number of nitrogen functional groups attached to an aromatic ring is 1. The Morgan fingerprint density at radius 2 is 1.55 bits per heavy atom. The third-order valence-corrected chi connectivity index (χ3v) is 4.58. The maximum atomic E-state index is 12.8. The molecule has 5 N–H and O–H groups in total. The Balaban J connectivity index is 1.80. The van der Waals surface area contributed by atoms with Gasteiger partial charge in [-0.05, 0) is 48.0 Å². The van der Waals surface area contributed by atoms with E-state index >= 15 is 0 Å². The number of hydrogen-bond acceptors (Lipinski definition) is 4. The quantitative estimate of drug-likeness (QED) is 0.401. The van der Waals surface area contributed by atoms with Gasteiger partial charge in [-0.1, -0.05) is 30.3 Å². The van der Waals surface area contributed by atoms with Gasteiger partial charge in [0.2, 0.25) is 5.91 Å². The average Bonchev–Trinajstić information content (AvgIpc) is 3.02. The zero-order valence-corrected chi connectivity index (χ0v) is 15.8. The van der Waals surface area contributed by atoms with Gasteiger partial charge in [-0.2, -0.15) is 0 Å². The summed E-state index contributed by atoms with van der Waals surface area (Å²) < 4.78 is 0. The van der Waals surface area contributed by atoms with E-state index in [1.807, 2.05) is 42.5 Å². The van der Waals surface area contributed by atoms with Gasteiger partial charge in [0, 0.05) is 35.2 Å². The van der Waals surface area contributed by atoms with Crippen LogP contribution in [0.15, 0.2) is 72.8 Å². The third-order valence-electron chi connectivity index (χ3n) is 4.58. The first-order chi connectivity index (χ1) is 14.0. The average molecular weight is 384 g/mol. The smallest absolute Gasteiger partial charge is 0.258 e. The van der Waals surface area contributed by atoms with E-state index < -0.39 is 0 Å². The summed E-state index contributed by atoms with van der Waals surface area (Å²) in [5.41, 5.74) is 11.6. The summed E-state index contributed by atoms with van der Waals surface area (Å²) in [4.78, 5) is 24.1. The van der Waals surface area contributed by atoms with E-state index in [1.54, 1.807) is 30.3 Å². The predicted molar refractivity (Wildman–Crippen MR) is 117 cm³/mol. The molecule has 0 saturated carbocycles. The van der Waals surface area contributed by atoms with Gasteiger partial charge in [0.25, 0.3) is 5.91 Å². The Kier molecular flexibility index (Phi) is 4.75. The van der Waals surface area contributed by atoms with E-state index in [9.17, 15) is 9.59 Å². The Hall–Kier alpha value is -4.06. The number of fused-ring (bicyclic) bond motifs is 1. The Bertz CT molecular complexity index is 1120. The molecule has 144 valence electrons. The van der Waals surface area contributed by atoms with Crippen molar-refractivity contribution < 1.29 is 9.59 Å². The molecule has 0 bridgehead atoms. The first-order valence-electron chi connectivity index (χ1n) is 9.17. The van der Waals surface area contributed by atoms with E-state index in [0.29, 0.717) is 22.6 Å². The molecule has 0 fully saturated rings. The lowest BCUT2D eigenvalue weighted by Crippen LogP contribution is -2.10. The maximum Gasteiger partial charge on any atom is 0.258 e. The van der Waals surface area contributed by atoms with E-state index in [0.717, 1.165) is 22.5 Å². The predicted octanol–water partition coefficient (Wildman–Crippen LogP) is 4.16. The topological polar surface area (TPSA) is 96.2 Å². The number of carbonyl (C=O) groups is 2. The molecule has 3 aromatic carbocycles. The van der Waals surface area contributed by atoms with Crippen molar-refractivity contribution in [1.82, 2.24) is 0 Å². The summed E-state index contributed by atoms with van der Waals surface area (Å²) >= 11 is 0. The lowest BCUT2D eigenvalue weighted by molar-refractivity contribution is -0.114. The van der Waals surface area contributed by atoms with Gasteiger partial charge in [-0.15, -0.1) is 0 Å². The molecule has 3 aromatic rings. The number of nitrogens with two attached hydrogens (primary N) is 1. The van der Waals surface area contributed by atoms with Gasteiger partial charge in [0.1, 0.15) is 0 Å².